The molecule has 42 heavy (non-hydrogen) atoms. The predicted octanol–water partition coefficient (Wildman–Crippen LogP) is 5.40. The predicted molar refractivity (Wildman–Crippen MR) is 159 cm³/mol. The molecule has 2 aliphatic heterocycles. The number of ketones is 1. The van der Waals surface area contributed by atoms with Crippen LogP contribution in [0.25, 0.3) is 16.9 Å². The summed E-state index contributed by atoms with van der Waals surface area (Å²) in [6.45, 7) is 5.07. The highest BCUT2D eigenvalue weighted by molar-refractivity contribution is 5.80. The van der Waals surface area contributed by atoms with Crippen molar-refractivity contribution in [1.82, 2.24) is 24.4 Å². The average Bonchev–Trinajstić information content (AvgIpc) is 3.22. The van der Waals surface area contributed by atoms with Gasteiger partial charge >= 0.3 is 0 Å². The fourth-order valence-corrected chi connectivity index (χ4v) is 6.60. The van der Waals surface area contributed by atoms with E-state index in [0.29, 0.717) is 79.6 Å². The van der Waals surface area contributed by atoms with Gasteiger partial charge in [-0.05, 0) is 69.7 Å². The van der Waals surface area contributed by atoms with Crippen LogP contribution in [0, 0.1) is 5.92 Å². The molecular weight excluding hydrogens is 540 g/mol. The van der Waals surface area contributed by atoms with E-state index in [1.807, 2.05) is 11.0 Å². The fourth-order valence-electron chi connectivity index (χ4n) is 6.60. The molecule has 2 aromatic heterocycles. The maximum absolute atomic E-state index is 14.2. The van der Waals surface area contributed by atoms with Crippen LogP contribution in [-0.4, -0.2) is 82.2 Å². The highest BCUT2D eigenvalue weighted by Gasteiger charge is 2.27. The van der Waals surface area contributed by atoms with Crippen LogP contribution in [0.4, 0.5) is 20.5 Å². The number of imidazole rings is 1. The first-order valence-corrected chi connectivity index (χ1v) is 15.5. The molecule has 0 spiro atoms. The van der Waals surface area contributed by atoms with Gasteiger partial charge in [0.05, 0.1) is 30.8 Å². The molecule has 0 amide bonds. The van der Waals surface area contributed by atoms with E-state index in [0.717, 1.165) is 38.8 Å². The lowest BCUT2D eigenvalue weighted by Crippen LogP contribution is -2.37. The van der Waals surface area contributed by atoms with E-state index >= 15 is 0 Å². The number of carbonyl (C=O) groups is 1. The topological polar surface area (TPSA) is 88.4 Å². The van der Waals surface area contributed by atoms with E-state index in [1.54, 1.807) is 24.3 Å². The molecule has 0 atom stereocenters. The summed E-state index contributed by atoms with van der Waals surface area (Å²) in [4.78, 5) is 31.0. The number of alkyl halides is 2. The number of likely N-dealkylation sites (tertiary alicyclic amines) is 1. The van der Waals surface area contributed by atoms with Crippen molar-refractivity contribution in [3.05, 3.63) is 36.2 Å². The number of halogens is 2. The molecule has 1 saturated carbocycles. The number of fused-ring (bicyclic) bond motifs is 1. The highest BCUT2D eigenvalue weighted by Crippen LogP contribution is 2.32. The third kappa shape index (κ3) is 6.89. The second-order valence-corrected chi connectivity index (χ2v) is 11.9. The van der Waals surface area contributed by atoms with Crippen molar-refractivity contribution in [3.8, 4) is 5.82 Å². The quantitative estimate of drug-likeness (QED) is 0.360. The van der Waals surface area contributed by atoms with E-state index in [4.69, 9.17) is 14.7 Å². The Balaban J connectivity index is 1.17. The van der Waals surface area contributed by atoms with Crippen LogP contribution in [0.1, 0.15) is 70.0 Å². The largest absolute Gasteiger partial charge is 0.378 e. The first-order valence-electron chi connectivity index (χ1n) is 15.5. The lowest BCUT2D eigenvalue weighted by Gasteiger charge is -2.31. The molecule has 0 radical (unpaired) electrons. The maximum atomic E-state index is 14.2. The monoisotopic (exact) mass is 581 g/mol. The minimum atomic E-state index is -2.76. The Hall–Kier alpha value is -3.18. The molecule has 2 saturated heterocycles. The molecule has 0 bridgehead atoms. The first kappa shape index (κ1) is 28.9. The molecular formula is C31H41F2N7O2. The van der Waals surface area contributed by atoms with Crippen molar-refractivity contribution in [1.29, 1.82) is 0 Å². The van der Waals surface area contributed by atoms with Crippen LogP contribution in [0.2, 0.25) is 0 Å². The summed E-state index contributed by atoms with van der Waals surface area (Å²) in [5.41, 5.74) is 1.08. The van der Waals surface area contributed by atoms with E-state index < -0.39 is 6.43 Å². The lowest BCUT2D eigenvalue weighted by atomic mass is 9.83. The van der Waals surface area contributed by atoms with Crippen molar-refractivity contribution in [2.45, 2.75) is 70.3 Å². The Labute approximate surface area is 245 Å². The molecule has 226 valence electrons. The van der Waals surface area contributed by atoms with Crippen LogP contribution in [0.5, 0.6) is 0 Å². The van der Waals surface area contributed by atoms with Crippen LogP contribution in [-0.2, 0) is 9.53 Å². The lowest BCUT2D eigenvalue weighted by molar-refractivity contribution is -0.121. The van der Waals surface area contributed by atoms with Gasteiger partial charge < -0.3 is 15.0 Å². The number of morpholine rings is 1. The SMILES string of the molecule is O=C(CC1CCC(Nc2cc(-n3c(C(F)F)nc4ccccc43)nc(N3CCOCC3)n2)CC1)CN1CCCCCC1. The number of nitrogens with one attached hydrogen (secondary N) is 1. The van der Waals surface area contributed by atoms with Crippen molar-refractivity contribution in [2.24, 2.45) is 5.92 Å². The molecule has 9 nitrogen and oxygen atoms in total. The number of ether oxygens (including phenoxy) is 1. The summed E-state index contributed by atoms with van der Waals surface area (Å²) in [6, 6.07) is 9.07. The van der Waals surface area contributed by atoms with Gasteiger partial charge in [0.15, 0.2) is 5.82 Å². The summed E-state index contributed by atoms with van der Waals surface area (Å²) in [5, 5.41) is 3.58. The minimum absolute atomic E-state index is 0.191. The number of anilines is 2. The number of para-hydroxylation sites is 2. The molecule has 1 aromatic carbocycles. The molecule has 4 heterocycles. The van der Waals surface area contributed by atoms with Gasteiger partial charge in [-0.15, -0.1) is 0 Å². The van der Waals surface area contributed by atoms with E-state index in [2.05, 4.69) is 15.2 Å². The number of Topliss-reactive ketones (excluding diaryl/α,β-unsaturated/α-hetero) is 1. The number of hydrogen-bond acceptors (Lipinski definition) is 8. The third-order valence-electron chi connectivity index (χ3n) is 8.82. The second-order valence-electron chi connectivity index (χ2n) is 11.9. The standard InChI is InChI=1S/C31H41F2N7O2/c32-29(33)30-35-25-7-3-4-8-26(25)40(30)28-20-27(36-31(37-28)39-15-17-42-18-16-39)34-23-11-9-22(10-12-23)19-24(41)21-38-13-5-1-2-6-14-38/h3-4,7-8,20,22-23,29H,1-2,5-6,9-19,21H2,(H,34,36,37). The van der Waals surface area contributed by atoms with Gasteiger partial charge in [-0.3, -0.25) is 14.3 Å². The Morgan fingerprint density at radius 2 is 1.69 bits per heavy atom. The van der Waals surface area contributed by atoms with Crippen LogP contribution in [0.15, 0.2) is 30.3 Å². The molecule has 0 unspecified atom stereocenters. The van der Waals surface area contributed by atoms with Gasteiger partial charge in [-0.25, -0.2) is 13.8 Å². The van der Waals surface area contributed by atoms with Gasteiger partial charge in [0.2, 0.25) is 5.95 Å². The van der Waals surface area contributed by atoms with Gasteiger partial charge in [-0.2, -0.15) is 9.97 Å². The summed E-state index contributed by atoms with van der Waals surface area (Å²) in [7, 11) is 0. The Bertz CT molecular complexity index is 1340. The summed E-state index contributed by atoms with van der Waals surface area (Å²) < 4.78 is 35.3. The van der Waals surface area contributed by atoms with E-state index in [9.17, 15) is 13.6 Å². The summed E-state index contributed by atoms with van der Waals surface area (Å²) >= 11 is 0. The molecule has 1 N–H and O–H groups in total. The number of nitrogens with zero attached hydrogens (tertiary/aromatic N) is 6. The Morgan fingerprint density at radius 1 is 0.952 bits per heavy atom. The van der Waals surface area contributed by atoms with Gasteiger partial charge in [0, 0.05) is 31.6 Å². The maximum Gasteiger partial charge on any atom is 0.296 e. The zero-order chi connectivity index (χ0) is 28.9. The van der Waals surface area contributed by atoms with Crippen LogP contribution < -0.4 is 10.2 Å². The normalized spacial score (nSPS) is 22.4. The Kier molecular flexibility index (Phi) is 9.24. The molecule has 6 rings (SSSR count). The molecule has 3 fully saturated rings. The van der Waals surface area contributed by atoms with Crippen molar-refractivity contribution < 1.29 is 18.3 Å². The zero-order valence-electron chi connectivity index (χ0n) is 24.2. The highest BCUT2D eigenvalue weighted by atomic mass is 19.3. The van der Waals surface area contributed by atoms with Gasteiger partial charge in [0.25, 0.3) is 6.43 Å². The molecule has 11 heteroatoms. The molecule has 3 aliphatic rings. The minimum Gasteiger partial charge on any atom is -0.378 e. The Morgan fingerprint density at radius 3 is 2.43 bits per heavy atom. The summed E-state index contributed by atoms with van der Waals surface area (Å²) in [5.74, 6) is 1.92. The van der Waals surface area contributed by atoms with Crippen LogP contribution >= 0.6 is 0 Å². The zero-order valence-corrected chi connectivity index (χ0v) is 24.2. The van der Waals surface area contributed by atoms with Gasteiger partial charge in [-0.1, -0.05) is 25.0 Å². The number of carbonyl (C=O) groups excluding carboxylic acids is 1. The number of rotatable bonds is 9. The molecule has 1 aliphatic carbocycles. The number of benzene rings is 1. The average molecular weight is 582 g/mol. The van der Waals surface area contributed by atoms with Gasteiger partial charge in [0.1, 0.15) is 17.4 Å². The summed E-state index contributed by atoms with van der Waals surface area (Å²) in [6.07, 6.45) is 6.68. The molecule has 3 aromatic rings. The van der Waals surface area contributed by atoms with Crippen molar-refractivity contribution >= 4 is 28.6 Å². The fraction of sp³-hybridized carbons (Fsp3) is 0.613. The number of aromatic nitrogens is 4. The van der Waals surface area contributed by atoms with Crippen molar-refractivity contribution in [3.63, 3.8) is 0 Å². The smallest absolute Gasteiger partial charge is 0.296 e. The third-order valence-corrected chi connectivity index (χ3v) is 8.82. The first-order chi connectivity index (χ1) is 20.5. The number of hydrogen-bond donors (Lipinski definition) is 1. The van der Waals surface area contributed by atoms with Crippen LogP contribution in [0.3, 0.4) is 0 Å². The van der Waals surface area contributed by atoms with E-state index in [1.165, 1.54) is 30.3 Å². The second kappa shape index (κ2) is 13.4. The van der Waals surface area contributed by atoms with E-state index in [-0.39, 0.29) is 11.9 Å². The van der Waals surface area contributed by atoms with Crippen molar-refractivity contribution in [2.75, 3.05) is 56.2 Å².